The molecule has 0 atom stereocenters. The van der Waals surface area contributed by atoms with Crippen LogP contribution in [0.4, 0.5) is 17.1 Å². The molecule has 0 spiro atoms. The van der Waals surface area contributed by atoms with Gasteiger partial charge in [-0.05, 0) is 60.0 Å². The summed E-state index contributed by atoms with van der Waals surface area (Å²) in [5.74, 6) is -0.388. The Balaban J connectivity index is 1.31. The van der Waals surface area contributed by atoms with Crippen LogP contribution in [0.15, 0.2) is 85.5 Å². The van der Waals surface area contributed by atoms with Crippen molar-refractivity contribution in [1.82, 2.24) is 9.97 Å². The summed E-state index contributed by atoms with van der Waals surface area (Å²) in [6.45, 7) is 0.107. The average Bonchev–Trinajstić information content (AvgIpc) is 2.78. The van der Waals surface area contributed by atoms with E-state index in [0.717, 1.165) is 22.1 Å². The standard InChI is InChI=1S/C23H19N5O2/c29-22(27-20-8-5-18-13-25-11-9-17(18)12-20)15-26-19-6-3-16(4-7-19)23(30)28-21-2-1-10-24-14-21/h1-14,26H,15H2,(H,27,29)(H,28,30). The molecule has 4 aromatic rings. The average molecular weight is 397 g/mol. The third kappa shape index (κ3) is 4.77. The molecule has 148 valence electrons. The molecule has 2 heterocycles. The molecule has 2 aromatic carbocycles. The molecule has 0 radical (unpaired) electrons. The van der Waals surface area contributed by atoms with Gasteiger partial charge in [-0.25, -0.2) is 0 Å². The maximum atomic E-state index is 12.3. The van der Waals surface area contributed by atoms with Crippen LogP contribution in [0.1, 0.15) is 10.4 Å². The summed E-state index contributed by atoms with van der Waals surface area (Å²) in [6.07, 6.45) is 6.72. The van der Waals surface area contributed by atoms with E-state index in [-0.39, 0.29) is 18.4 Å². The largest absolute Gasteiger partial charge is 0.376 e. The molecule has 0 aliphatic rings. The van der Waals surface area contributed by atoms with Gasteiger partial charge in [0.25, 0.3) is 5.91 Å². The van der Waals surface area contributed by atoms with Crippen LogP contribution in [0.25, 0.3) is 10.8 Å². The summed E-state index contributed by atoms with van der Waals surface area (Å²) in [5, 5.41) is 10.7. The van der Waals surface area contributed by atoms with Gasteiger partial charge in [0.15, 0.2) is 0 Å². The fourth-order valence-electron chi connectivity index (χ4n) is 2.93. The Morgan fingerprint density at radius 1 is 0.733 bits per heavy atom. The molecule has 7 nitrogen and oxygen atoms in total. The SMILES string of the molecule is O=C(CNc1ccc(C(=O)Nc2cccnc2)cc1)Nc1ccc2cnccc2c1. The van der Waals surface area contributed by atoms with Gasteiger partial charge in [0, 0.05) is 40.9 Å². The van der Waals surface area contributed by atoms with Crippen LogP contribution >= 0.6 is 0 Å². The van der Waals surface area contributed by atoms with Crippen LogP contribution in [0.2, 0.25) is 0 Å². The number of nitrogens with zero attached hydrogens (tertiary/aromatic N) is 2. The number of rotatable bonds is 6. The highest BCUT2D eigenvalue weighted by Crippen LogP contribution is 2.18. The molecule has 7 heteroatoms. The number of hydrogen-bond acceptors (Lipinski definition) is 5. The zero-order valence-electron chi connectivity index (χ0n) is 16.0. The molecular formula is C23H19N5O2. The van der Waals surface area contributed by atoms with E-state index in [1.54, 1.807) is 61.2 Å². The van der Waals surface area contributed by atoms with E-state index in [9.17, 15) is 9.59 Å². The van der Waals surface area contributed by atoms with Crippen molar-refractivity contribution < 1.29 is 9.59 Å². The van der Waals surface area contributed by atoms with Gasteiger partial charge in [-0.2, -0.15) is 0 Å². The molecule has 0 aliphatic heterocycles. The first kappa shape index (κ1) is 19.1. The first-order valence-electron chi connectivity index (χ1n) is 9.36. The second-order valence-electron chi connectivity index (χ2n) is 6.61. The number of benzene rings is 2. The van der Waals surface area contributed by atoms with Crippen LogP contribution in [0.5, 0.6) is 0 Å². The normalized spacial score (nSPS) is 10.4. The Morgan fingerprint density at radius 3 is 2.33 bits per heavy atom. The number of carbonyl (C=O) groups excluding carboxylic acids is 2. The van der Waals surface area contributed by atoms with Crippen LogP contribution < -0.4 is 16.0 Å². The van der Waals surface area contributed by atoms with Crippen molar-refractivity contribution in [2.45, 2.75) is 0 Å². The molecule has 4 rings (SSSR count). The Bertz CT molecular complexity index is 1180. The van der Waals surface area contributed by atoms with Crippen molar-refractivity contribution in [3.63, 3.8) is 0 Å². The predicted octanol–water partition coefficient (Wildman–Crippen LogP) is 3.93. The predicted molar refractivity (Wildman–Crippen MR) is 117 cm³/mol. The Labute approximate surface area is 173 Å². The summed E-state index contributed by atoms with van der Waals surface area (Å²) < 4.78 is 0. The summed E-state index contributed by atoms with van der Waals surface area (Å²) >= 11 is 0. The first-order valence-corrected chi connectivity index (χ1v) is 9.36. The maximum Gasteiger partial charge on any atom is 0.255 e. The van der Waals surface area contributed by atoms with Gasteiger partial charge in [-0.3, -0.25) is 19.6 Å². The van der Waals surface area contributed by atoms with E-state index in [0.29, 0.717) is 11.3 Å². The van der Waals surface area contributed by atoms with Crippen LogP contribution in [-0.4, -0.2) is 28.3 Å². The molecular weight excluding hydrogens is 378 g/mol. The number of hydrogen-bond donors (Lipinski definition) is 3. The van der Waals surface area contributed by atoms with Crippen molar-refractivity contribution in [2.75, 3.05) is 22.5 Å². The minimum absolute atomic E-state index is 0.107. The minimum Gasteiger partial charge on any atom is -0.376 e. The molecule has 0 saturated carbocycles. The maximum absolute atomic E-state index is 12.3. The van der Waals surface area contributed by atoms with Crippen molar-refractivity contribution in [1.29, 1.82) is 0 Å². The number of anilines is 3. The molecule has 0 bridgehead atoms. The topological polar surface area (TPSA) is 96.0 Å². The lowest BCUT2D eigenvalue weighted by atomic mass is 10.1. The van der Waals surface area contributed by atoms with E-state index < -0.39 is 0 Å². The molecule has 0 unspecified atom stereocenters. The lowest BCUT2D eigenvalue weighted by molar-refractivity contribution is -0.114. The van der Waals surface area contributed by atoms with E-state index >= 15 is 0 Å². The number of carbonyl (C=O) groups is 2. The first-order chi connectivity index (χ1) is 14.7. The van der Waals surface area contributed by atoms with Gasteiger partial charge >= 0.3 is 0 Å². The van der Waals surface area contributed by atoms with Gasteiger partial charge in [-0.1, -0.05) is 6.07 Å². The molecule has 0 saturated heterocycles. The van der Waals surface area contributed by atoms with Crippen LogP contribution in [0.3, 0.4) is 0 Å². The highest BCUT2D eigenvalue weighted by molar-refractivity contribution is 6.04. The van der Waals surface area contributed by atoms with Crippen LogP contribution in [-0.2, 0) is 4.79 Å². The fourth-order valence-corrected chi connectivity index (χ4v) is 2.93. The molecule has 0 aliphatic carbocycles. The van der Waals surface area contributed by atoms with Crippen molar-refractivity contribution in [3.05, 3.63) is 91.0 Å². The van der Waals surface area contributed by atoms with Crippen molar-refractivity contribution in [3.8, 4) is 0 Å². The fraction of sp³-hybridized carbons (Fsp3) is 0.0435. The summed E-state index contributed by atoms with van der Waals surface area (Å²) in [7, 11) is 0. The van der Waals surface area contributed by atoms with E-state index in [4.69, 9.17) is 0 Å². The smallest absolute Gasteiger partial charge is 0.255 e. The molecule has 2 amide bonds. The Morgan fingerprint density at radius 2 is 1.53 bits per heavy atom. The molecule has 30 heavy (non-hydrogen) atoms. The van der Waals surface area contributed by atoms with E-state index in [2.05, 4.69) is 25.9 Å². The second kappa shape index (κ2) is 8.83. The lowest BCUT2D eigenvalue weighted by Gasteiger charge is -2.09. The quantitative estimate of drug-likeness (QED) is 0.458. The third-order valence-corrected chi connectivity index (χ3v) is 4.44. The number of pyridine rings is 2. The summed E-state index contributed by atoms with van der Waals surface area (Å²) in [5.41, 5.74) is 2.61. The molecule has 2 aromatic heterocycles. The van der Waals surface area contributed by atoms with Gasteiger partial charge in [0.05, 0.1) is 18.4 Å². The van der Waals surface area contributed by atoms with Gasteiger partial charge in [0.2, 0.25) is 5.91 Å². The number of fused-ring (bicyclic) bond motifs is 1. The third-order valence-electron chi connectivity index (χ3n) is 4.44. The second-order valence-corrected chi connectivity index (χ2v) is 6.61. The summed E-state index contributed by atoms with van der Waals surface area (Å²) in [6, 6.07) is 18.0. The zero-order chi connectivity index (χ0) is 20.8. The van der Waals surface area contributed by atoms with Gasteiger partial charge < -0.3 is 16.0 Å². The van der Waals surface area contributed by atoms with Crippen LogP contribution in [0, 0.1) is 0 Å². The molecule has 0 fully saturated rings. The highest BCUT2D eigenvalue weighted by atomic mass is 16.2. The monoisotopic (exact) mass is 397 g/mol. The van der Waals surface area contributed by atoms with E-state index in [1.165, 1.54) is 0 Å². The Kier molecular flexibility index (Phi) is 5.61. The number of amides is 2. The lowest BCUT2D eigenvalue weighted by Crippen LogP contribution is -2.21. The Hall–Kier alpha value is -4.26. The minimum atomic E-state index is -0.223. The number of aromatic nitrogens is 2. The number of nitrogens with one attached hydrogen (secondary N) is 3. The van der Waals surface area contributed by atoms with Gasteiger partial charge in [-0.15, -0.1) is 0 Å². The van der Waals surface area contributed by atoms with Crippen molar-refractivity contribution in [2.24, 2.45) is 0 Å². The summed E-state index contributed by atoms with van der Waals surface area (Å²) in [4.78, 5) is 32.5. The van der Waals surface area contributed by atoms with Gasteiger partial charge in [0.1, 0.15) is 0 Å². The molecule has 3 N–H and O–H groups in total. The zero-order valence-corrected chi connectivity index (χ0v) is 16.0. The highest BCUT2D eigenvalue weighted by Gasteiger charge is 2.07. The van der Waals surface area contributed by atoms with E-state index in [1.807, 2.05) is 24.3 Å². The van der Waals surface area contributed by atoms with Crippen molar-refractivity contribution >= 4 is 39.6 Å².